The minimum atomic E-state index is -0.815. The fourth-order valence-corrected chi connectivity index (χ4v) is 1.57. The molecule has 1 N–H and O–H groups in total. The molecule has 1 heterocycles. The Morgan fingerprint density at radius 2 is 2.19 bits per heavy atom. The van der Waals surface area contributed by atoms with Crippen LogP contribution in [-0.2, 0) is 4.79 Å². The Bertz CT molecular complexity index is 452. The standard InChI is InChI=1S/C12H12N2O2/c15-12(16)7-9-14-11-6-2-1-4-10(11)5-3-8-13-14/h1-6,8H,7,9H2,(H,15,16). The van der Waals surface area contributed by atoms with E-state index in [0.29, 0.717) is 6.54 Å². The number of hydrogen-bond acceptors (Lipinski definition) is 3. The van der Waals surface area contributed by atoms with Gasteiger partial charge in [0.25, 0.3) is 0 Å². The number of carbonyl (C=O) groups is 1. The fourth-order valence-electron chi connectivity index (χ4n) is 1.57. The van der Waals surface area contributed by atoms with Crippen molar-refractivity contribution >= 4 is 23.9 Å². The smallest absolute Gasteiger partial charge is 0.305 e. The van der Waals surface area contributed by atoms with E-state index in [4.69, 9.17) is 5.11 Å². The number of carboxylic acid groups (broad SMARTS) is 1. The van der Waals surface area contributed by atoms with Crippen molar-refractivity contribution in [1.82, 2.24) is 0 Å². The molecular formula is C12H12N2O2. The van der Waals surface area contributed by atoms with E-state index < -0.39 is 5.97 Å². The van der Waals surface area contributed by atoms with E-state index in [1.165, 1.54) is 0 Å². The van der Waals surface area contributed by atoms with Gasteiger partial charge in [0.05, 0.1) is 18.7 Å². The second kappa shape index (κ2) is 4.61. The summed E-state index contributed by atoms with van der Waals surface area (Å²) in [5.74, 6) is -0.815. The molecule has 1 aromatic rings. The zero-order chi connectivity index (χ0) is 11.4. The lowest BCUT2D eigenvalue weighted by Gasteiger charge is -2.18. The Morgan fingerprint density at radius 3 is 3.00 bits per heavy atom. The van der Waals surface area contributed by atoms with Gasteiger partial charge in [0, 0.05) is 6.21 Å². The van der Waals surface area contributed by atoms with Gasteiger partial charge >= 0.3 is 5.97 Å². The highest BCUT2D eigenvalue weighted by molar-refractivity contribution is 5.84. The lowest BCUT2D eigenvalue weighted by Crippen LogP contribution is -2.20. The quantitative estimate of drug-likeness (QED) is 0.840. The van der Waals surface area contributed by atoms with Crippen LogP contribution in [0.4, 0.5) is 5.69 Å². The minimum absolute atomic E-state index is 0.0751. The molecule has 82 valence electrons. The molecule has 0 saturated carbocycles. The molecule has 2 rings (SSSR count). The molecule has 0 amide bonds. The number of hydrogen-bond donors (Lipinski definition) is 1. The molecule has 0 radical (unpaired) electrons. The Hall–Kier alpha value is -2.10. The monoisotopic (exact) mass is 216 g/mol. The van der Waals surface area contributed by atoms with Gasteiger partial charge in [0.15, 0.2) is 0 Å². The van der Waals surface area contributed by atoms with E-state index in [9.17, 15) is 4.79 Å². The van der Waals surface area contributed by atoms with Crippen LogP contribution in [0.3, 0.4) is 0 Å². The molecule has 1 aliphatic heterocycles. The van der Waals surface area contributed by atoms with Crippen LogP contribution < -0.4 is 5.01 Å². The van der Waals surface area contributed by atoms with Crippen LogP contribution in [0.5, 0.6) is 0 Å². The number of hydrazone groups is 1. The first-order valence-corrected chi connectivity index (χ1v) is 5.06. The van der Waals surface area contributed by atoms with Crippen LogP contribution in [0.2, 0.25) is 0 Å². The van der Waals surface area contributed by atoms with Crippen LogP contribution in [0.25, 0.3) is 6.08 Å². The van der Waals surface area contributed by atoms with Crippen LogP contribution in [0.1, 0.15) is 12.0 Å². The normalized spacial score (nSPS) is 13.4. The van der Waals surface area contributed by atoms with Gasteiger partial charge in [0.1, 0.15) is 0 Å². The predicted octanol–water partition coefficient (Wildman–Crippen LogP) is 1.98. The van der Waals surface area contributed by atoms with Crippen molar-refractivity contribution in [1.29, 1.82) is 0 Å². The largest absolute Gasteiger partial charge is 0.481 e. The molecule has 0 aromatic heterocycles. The average molecular weight is 216 g/mol. The van der Waals surface area contributed by atoms with Crippen LogP contribution in [-0.4, -0.2) is 23.8 Å². The third-order valence-electron chi connectivity index (χ3n) is 2.32. The molecule has 0 bridgehead atoms. The summed E-state index contributed by atoms with van der Waals surface area (Å²) < 4.78 is 0. The number of anilines is 1. The van der Waals surface area contributed by atoms with Gasteiger partial charge in [-0.15, -0.1) is 0 Å². The lowest BCUT2D eigenvalue weighted by molar-refractivity contribution is -0.136. The van der Waals surface area contributed by atoms with E-state index >= 15 is 0 Å². The summed E-state index contributed by atoms with van der Waals surface area (Å²) in [6.07, 6.45) is 5.55. The molecule has 0 atom stereocenters. The van der Waals surface area contributed by atoms with E-state index in [1.54, 1.807) is 11.2 Å². The van der Waals surface area contributed by atoms with Crippen molar-refractivity contribution in [3.8, 4) is 0 Å². The van der Waals surface area contributed by atoms with E-state index in [2.05, 4.69) is 5.10 Å². The first kappa shape index (κ1) is 10.4. The molecule has 0 spiro atoms. The van der Waals surface area contributed by atoms with Gasteiger partial charge in [0.2, 0.25) is 0 Å². The highest BCUT2D eigenvalue weighted by Crippen LogP contribution is 2.23. The molecule has 16 heavy (non-hydrogen) atoms. The molecule has 0 aliphatic carbocycles. The van der Waals surface area contributed by atoms with Crippen molar-refractivity contribution in [2.45, 2.75) is 6.42 Å². The number of para-hydroxylation sites is 1. The van der Waals surface area contributed by atoms with E-state index in [0.717, 1.165) is 11.3 Å². The number of benzene rings is 1. The molecule has 0 unspecified atom stereocenters. The summed E-state index contributed by atoms with van der Waals surface area (Å²) in [7, 11) is 0. The van der Waals surface area contributed by atoms with E-state index in [1.807, 2.05) is 36.4 Å². The fraction of sp³-hybridized carbons (Fsp3) is 0.167. The second-order valence-corrected chi connectivity index (χ2v) is 3.45. The number of carboxylic acids is 1. The number of allylic oxidation sites excluding steroid dienone is 1. The molecule has 0 fully saturated rings. The molecular weight excluding hydrogens is 204 g/mol. The summed E-state index contributed by atoms with van der Waals surface area (Å²) in [5, 5.41) is 14.6. The minimum Gasteiger partial charge on any atom is -0.481 e. The zero-order valence-corrected chi connectivity index (χ0v) is 8.71. The van der Waals surface area contributed by atoms with Gasteiger partial charge in [-0.05, 0) is 17.7 Å². The van der Waals surface area contributed by atoms with Crippen LogP contribution in [0.15, 0.2) is 35.4 Å². The number of aliphatic carboxylic acids is 1. The van der Waals surface area contributed by atoms with Crippen molar-refractivity contribution in [3.63, 3.8) is 0 Å². The third-order valence-corrected chi connectivity index (χ3v) is 2.32. The Labute approximate surface area is 93.5 Å². The Morgan fingerprint density at radius 1 is 1.38 bits per heavy atom. The summed E-state index contributed by atoms with van der Waals surface area (Å²) in [6.45, 7) is 0.379. The number of fused-ring (bicyclic) bond motifs is 1. The van der Waals surface area contributed by atoms with Gasteiger partial charge in [-0.2, -0.15) is 5.10 Å². The average Bonchev–Trinajstić information content (AvgIpc) is 2.48. The van der Waals surface area contributed by atoms with Crippen molar-refractivity contribution in [2.24, 2.45) is 5.10 Å². The molecule has 1 aliphatic rings. The van der Waals surface area contributed by atoms with Gasteiger partial charge in [-0.25, -0.2) is 0 Å². The summed E-state index contributed by atoms with van der Waals surface area (Å²) >= 11 is 0. The zero-order valence-electron chi connectivity index (χ0n) is 8.71. The summed E-state index contributed by atoms with van der Waals surface area (Å²) in [4.78, 5) is 10.5. The number of rotatable bonds is 3. The highest BCUT2D eigenvalue weighted by atomic mass is 16.4. The topological polar surface area (TPSA) is 52.9 Å². The van der Waals surface area contributed by atoms with Gasteiger partial charge in [-0.3, -0.25) is 9.80 Å². The van der Waals surface area contributed by atoms with E-state index in [-0.39, 0.29) is 6.42 Å². The SMILES string of the molecule is O=C(O)CCN1N=CC=Cc2ccccc21. The summed E-state index contributed by atoms with van der Waals surface area (Å²) in [6, 6.07) is 7.78. The summed E-state index contributed by atoms with van der Waals surface area (Å²) in [5.41, 5.74) is 1.99. The maximum atomic E-state index is 10.5. The third kappa shape index (κ3) is 2.28. The Kier molecular flexibility index (Phi) is 3.00. The predicted molar refractivity (Wildman–Crippen MR) is 63.6 cm³/mol. The maximum Gasteiger partial charge on any atom is 0.305 e. The second-order valence-electron chi connectivity index (χ2n) is 3.45. The van der Waals surface area contributed by atoms with Crippen molar-refractivity contribution in [3.05, 3.63) is 35.9 Å². The lowest BCUT2D eigenvalue weighted by atomic mass is 10.1. The van der Waals surface area contributed by atoms with Crippen LogP contribution >= 0.6 is 0 Å². The number of nitrogens with zero attached hydrogens (tertiary/aromatic N) is 2. The van der Waals surface area contributed by atoms with Crippen LogP contribution in [0, 0.1) is 0 Å². The van der Waals surface area contributed by atoms with Crippen molar-refractivity contribution in [2.75, 3.05) is 11.6 Å². The van der Waals surface area contributed by atoms with Crippen molar-refractivity contribution < 1.29 is 9.90 Å². The first-order valence-electron chi connectivity index (χ1n) is 5.06. The molecule has 0 saturated heterocycles. The van der Waals surface area contributed by atoms with Gasteiger partial charge in [-0.1, -0.05) is 24.3 Å². The highest BCUT2D eigenvalue weighted by Gasteiger charge is 2.11. The Balaban J connectivity index is 2.24. The van der Waals surface area contributed by atoms with Gasteiger partial charge < -0.3 is 5.11 Å². The maximum absolute atomic E-state index is 10.5. The first-order chi connectivity index (χ1) is 7.77. The molecule has 1 aromatic carbocycles. The molecule has 4 heteroatoms. The molecule has 4 nitrogen and oxygen atoms in total.